The molecule has 4 nitrogen and oxygen atoms in total. The molecule has 0 atom stereocenters. The van der Waals surface area contributed by atoms with Crippen LogP contribution in [0.4, 0.5) is 5.82 Å². The van der Waals surface area contributed by atoms with E-state index < -0.39 is 0 Å². The van der Waals surface area contributed by atoms with Crippen molar-refractivity contribution in [2.75, 3.05) is 5.73 Å². The van der Waals surface area contributed by atoms with E-state index in [0.717, 1.165) is 21.3 Å². The van der Waals surface area contributed by atoms with Gasteiger partial charge in [0.2, 0.25) is 0 Å². The molecule has 0 bridgehead atoms. The number of hydrogen-bond donors (Lipinski definition) is 1. The van der Waals surface area contributed by atoms with Crippen molar-refractivity contribution in [1.82, 2.24) is 14.8 Å². The van der Waals surface area contributed by atoms with Crippen LogP contribution in [0.3, 0.4) is 0 Å². The molecule has 0 unspecified atom stereocenters. The Labute approximate surface area is 96.3 Å². The van der Waals surface area contributed by atoms with Crippen molar-refractivity contribution in [1.29, 1.82) is 0 Å². The van der Waals surface area contributed by atoms with Crippen LogP contribution in [0.25, 0.3) is 11.1 Å². The predicted molar refractivity (Wildman–Crippen MR) is 63.3 cm³/mol. The van der Waals surface area contributed by atoms with E-state index in [1.165, 1.54) is 0 Å². The molecular formula is C10H11BrN4. The first-order valence-corrected chi connectivity index (χ1v) is 5.29. The van der Waals surface area contributed by atoms with Gasteiger partial charge in [-0.15, -0.1) is 0 Å². The van der Waals surface area contributed by atoms with Gasteiger partial charge in [0.15, 0.2) is 0 Å². The predicted octanol–water partition coefficient (Wildman–Crippen LogP) is 2.14. The Morgan fingerprint density at radius 1 is 1.40 bits per heavy atom. The fraction of sp³-hybridized carbons (Fsp3) is 0.200. The molecule has 15 heavy (non-hydrogen) atoms. The number of halogens is 1. The Balaban J connectivity index is 2.62. The fourth-order valence-electron chi connectivity index (χ4n) is 1.53. The lowest BCUT2D eigenvalue weighted by Crippen LogP contribution is -1.94. The summed E-state index contributed by atoms with van der Waals surface area (Å²) >= 11 is 3.38. The highest BCUT2D eigenvalue weighted by Gasteiger charge is 2.10. The Hall–Kier alpha value is -1.36. The van der Waals surface area contributed by atoms with E-state index in [2.05, 4.69) is 26.0 Å². The highest BCUT2D eigenvalue weighted by Crippen LogP contribution is 2.28. The second-order valence-electron chi connectivity index (χ2n) is 3.39. The van der Waals surface area contributed by atoms with Crippen molar-refractivity contribution in [3.05, 3.63) is 28.6 Å². The summed E-state index contributed by atoms with van der Waals surface area (Å²) < 4.78 is 2.68. The van der Waals surface area contributed by atoms with Gasteiger partial charge in [0, 0.05) is 35.0 Å². The summed E-state index contributed by atoms with van der Waals surface area (Å²) in [7, 11) is 1.89. The molecule has 2 heterocycles. The molecule has 2 rings (SSSR count). The van der Waals surface area contributed by atoms with Crippen LogP contribution in [0.1, 0.15) is 5.69 Å². The SMILES string of the molecule is Cc1nn(C)cc1-c1cc(Br)cnc1N. The third-order valence-corrected chi connectivity index (χ3v) is 2.62. The van der Waals surface area contributed by atoms with E-state index in [1.54, 1.807) is 10.9 Å². The number of nitrogens with two attached hydrogens (primary N) is 1. The molecule has 2 aromatic rings. The monoisotopic (exact) mass is 266 g/mol. The molecule has 78 valence electrons. The molecule has 0 saturated heterocycles. The number of rotatable bonds is 1. The van der Waals surface area contributed by atoms with Crippen molar-refractivity contribution >= 4 is 21.7 Å². The maximum Gasteiger partial charge on any atom is 0.131 e. The Morgan fingerprint density at radius 3 is 2.73 bits per heavy atom. The number of aromatic nitrogens is 3. The van der Waals surface area contributed by atoms with Crippen molar-refractivity contribution in [3.63, 3.8) is 0 Å². The van der Waals surface area contributed by atoms with E-state index in [4.69, 9.17) is 5.73 Å². The molecule has 0 aromatic carbocycles. The van der Waals surface area contributed by atoms with Gasteiger partial charge in [0.1, 0.15) is 5.82 Å². The van der Waals surface area contributed by atoms with Gasteiger partial charge in [-0.2, -0.15) is 5.10 Å². The van der Waals surface area contributed by atoms with Crippen molar-refractivity contribution in [2.24, 2.45) is 7.05 Å². The number of nitrogens with zero attached hydrogens (tertiary/aromatic N) is 3. The van der Waals surface area contributed by atoms with E-state index in [-0.39, 0.29) is 0 Å². The van der Waals surface area contributed by atoms with E-state index in [1.807, 2.05) is 26.2 Å². The zero-order chi connectivity index (χ0) is 11.0. The molecule has 0 radical (unpaired) electrons. The van der Waals surface area contributed by atoms with Crippen molar-refractivity contribution < 1.29 is 0 Å². The molecule has 5 heteroatoms. The molecule has 0 fully saturated rings. The Morgan fingerprint density at radius 2 is 2.13 bits per heavy atom. The third-order valence-electron chi connectivity index (χ3n) is 2.19. The van der Waals surface area contributed by atoms with E-state index in [9.17, 15) is 0 Å². The average Bonchev–Trinajstić information content (AvgIpc) is 2.50. The van der Waals surface area contributed by atoms with Gasteiger partial charge in [0.05, 0.1) is 5.69 Å². The molecule has 0 aliphatic carbocycles. The van der Waals surface area contributed by atoms with Gasteiger partial charge in [-0.05, 0) is 28.9 Å². The zero-order valence-electron chi connectivity index (χ0n) is 8.53. The Bertz CT molecular complexity index is 504. The van der Waals surface area contributed by atoms with Gasteiger partial charge in [-0.3, -0.25) is 4.68 Å². The van der Waals surface area contributed by atoms with Gasteiger partial charge in [-0.1, -0.05) is 0 Å². The first kappa shape index (κ1) is 10.2. The quantitative estimate of drug-likeness (QED) is 0.861. The molecule has 0 aliphatic rings. The number of nitrogen functional groups attached to an aromatic ring is 1. The normalized spacial score (nSPS) is 10.6. The highest BCUT2D eigenvalue weighted by atomic mass is 79.9. The molecule has 0 saturated carbocycles. The van der Waals surface area contributed by atoms with Crippen LogP contribution in [-0.2, 0) is 7.05 Å². The van der Waals surface area contributed by atoms with Crippen LogP contribution in [-0.4, -0.2) is 14.8 Å². The number of aryl methyl sites for hydroxylation is 2. The second kappa shape index (κ2) is 3.66. The first-order valence-electron chi connectivity index (χ1n) is 4.49. The highest BCUT2D eigenvalue weighted by molar-refractivity contribution is 9.10. The van der Waals surface area contributed by atoms with Gasteiger partial charge >= 0.3 is 0 Å². The molecule has 2 N–H and O–H groups in total. The summed E-state index contributed by atoms with van der Waals surface area (Å²) in [5.41, 5.74) is 8.71. The smallest absolute Gasteiger partial charge is 0.131 e. The number of anilines is 1. The van der Waals surface area contributed by atoms with E-state index >= 15 is 0 Å². The minimum Gasteiger partial charge on any atom is -0.383 e. The summed E-state index contributed by atoms with van der Waals surface area (Å²) in [4.78, 5) is 4.10. The molecule has 0 aliphatic heterocycles. The number of pyridine rings is 1. The van der Waals surface area contributed by atoms with E-state index in [0.29, 0.717) is 5.82 Å². The zero-order valence-corrected chi connectivity index (χ0v) is 10.1. The second-order valence-corrected chi connectivity index (χ2v) is 4.30. The average molecular weight is 267 g/mol. The summed E-state index contributed by atoms with van der Waals surface area (Å²) in [6.45, 7) is 1.95. The molecule has 0 spiro atoms. The molecular weight excluding hydrogens is 256 g/mol. The largest absolute Gasteiger partial charge is 0.383 e. The first-order chi connectivity index (χ1) is 7.08. The van der Waals surface area contributed by atoms with Crippen LogP contribution in [0.5, 0.6) is 0 Å². The Kier molecular flexibility index (Phi) is 2.48. The number of hydrogen-bond acceptors (Lipinski definition) is 3. The standard InChI is InChI=1S/C10H11BrN4/c1-6-9(5-15(2)14-6)8-3-7(11)4-13-10(8)12/h3-5H,1-2H3,(H2,12,13). The van der Waals surface area contributed by atoms with Crippen molar-refractivity contribution in [3.8, 4) is 11.1 Å². The minimum absolute atomic E-state index is 0.523. The molecule has 2 aromatic heterocycles. The van der Waals surface area contributed by atoms with Crippen molar-refractivity contribution in [2.45, 2.75) is 6.92 Å². The topological polar surface area (TPSA) is 56.7 Å². The van der Waals surface area contributed by atoms with Crippen LogP contribution in [0, 0.1) is 6.92 Å². The summed E-state index contributed by atoms with van der Waals surface area (Å²) in [6, 6.07) is 1.95. The minimum atomic E-state index is 0.523. The maximum absolute atomic E-state index is 5.83. The van der Waals surface area contributed by atoms with Crippen LogP contribution >= 0.6 is 15.9 Å². The fourth-order valence-corrected chi connectivity index (χ4v) is 1.86. The van der Waals surface area contributed by atoms with Gasteiger partial charge in [-0.25, -0.2) is 4.98 Å². The van der Waals surface area contributed by atoms with Crippen LogP contribution in [0.2, 0.25) is 0 Å². The van der Waals surface area contributed by atoms with Crippen LogP contribution < -0.4 is 5.73 Å². The summed E-state index contributed by atoms with van der Waals surface area (Å²) in [6.07, 6.45) is 3.62. The maximum atomic E-state index is 5.83. The van der Waals surface area contributed by atoms with Gasteiger partial charge in [0.25, 0.3) is 0 Å². The summed E-state index contributed by atoms with van der Waals surface area (Å²) in [5, 5.41) is 4.28. The lowest BCUT2D eigenvalue weighted by atomic mass is 10.1. The summed E-state index contributed by atoms with van der Waals surface area (Å²) in [5.74, 6) is 0.523. The van der Waals surface area contributed by atoms with Gasteiger partial charge < -0.3 is 5.73 Å². The molecule has 0 amide bonds. The third kappa shape index (κ3) is 1.87. The lowest BCUT2D eigenvalue weighted by molar-refractivity contribution is 0.756. The van der Waals surface area contributed by atoms with Crippen LogP contribution in [0.15, 0.2) is 22.9 Å². The lowest BCUT2D eigenvalue weighted by Gasteiger charge is -2.03.